The molecule has 0 unspecified atom stereocenters. The molecule has 208 valence electrons. The zero-order valence-electron chi connectivity index (χ0n) is 24.7. The molecule has 1 N–H and O–H groups in total. The van der Waals surface area contributed by atoms with Gasteiger partial charge in [0.1, 0.15) is 18.0 Å². The van der Waals surface area contributed by atoms with Gasteiger partial charge in [-0.15, -0.1) is 0 Å². The quantitative estimate of drug-likeness (QED) is 0.261. The standard InChI is InChI=1S/C32H50O5/c1-18(16-23(36-19(2)33)27-29(5,6)37-27)20-10-14-31(8)21(20)17-22(34)26-30(7)13-12-25(35)28(3,4)24(30)11-15-32(26,31)9/h18,22-24,26-27,34H,10-17H2,1-9H3/t18-,22-,23+,24+,26-,27+,30-,31-,32-/m0/s1. The van der Waals surface area contributed by atoms with Crippen LogP contribution in [0.15, 0.2) is 11.1 Å². The van der Waals surface area contributed by atoms with E-state index in [-0.39, 0.29) is 63.4 Å². The molecule has 0 aromatic carbocycles. The van der Waals surface area contributed by atoms with Crippen molar-refractivity contribution in [2.45, 2.75) is 138 Å². The lowest BCUT2D eigenvalue weighted by molar-refractivity contribution is -0.208. The first-order valence-corrected chi connectivity index (χ1v) is 14.8. The zero-order valence-corrected chi connectivity index (χ0v) is 24.7. The van der Waals surface area contributed by atoms with Crippen molar-refractivity contribution < 1.29 is 24.2 Å². The van der Waals surface area contributed by atoms with Crippen molar-refractivity contribution in [1.29, 1.82) is 0 Å². The number of esters is 1. The third kappa shape index (κ3) is 3.84. The Morgan fingerprint density at radius 1 is 1.08 bits per heavy atom. The average molecular weight is 515 g/mol. The van der Waals surface area contributed by atoms with Gasteiger partial charge in [0.15, 0.2) is 0 Å². The molecular formula is C32H50O5. The van der Waals surface area contributed by atoms with Gasteiger partial charge in [-0.3, -0.25) is 9.59 Å². The van der Waals surface area contributed by atoms with Crippen LogP contribution in [0.5, 0.6) is 0 Å². The maximum Gasteiger partial charge on any atom is 0.302 e. The van der Waals surface area contributed by atoms with Crippen LogP contribution in [-0.4, -0.2) is 40.8 Å². The van der Waals surface area contributed by atoms with Crippen molar-refractivity contribution in [1.82, 2.24) is 0 Å². The molecule has 0 aromatic heterocycles. The van der Waals surface area contributed by atoms with E-state index in [1.54, 1.807) is 0 Å². The average Bonchev–Trinajstić information content (AvgIpc) is 3.27. The SMILES string of the molecule is CC(=O)O[C@H](C[C@H](C)C1=C2C[C@H](O)[C@H]3[C@@]4(C)CCC(=O)C(C)(C)[C@H]4CC[C@]3(C)[C@@]2(C)CC1)[C@H]1OC1(C)C. The van der Waals surface area contributed by atoms with Crippen LogP contribution >= 0.6 is 0 Å². The molecule has 1 heterocycles. The first-order chi connectivity index (χ1) is 17.0. The van der Waals surface area contributed by atoms with E-state index in [9.17, 15) is 14.7 Å². The highest BCUT2D eigenvalue weighted by atomic mass is 16.6. The van der Waals surface area contributed by atoms with Crippen LogP contribution in [0.25, 0.3) is 0 Å². The highest BCUT2D eigenvalue weighted by molar-refractivity contribution is 5.85. The van der Waals surface area contributed by atoms with E-state index in [0.717, 1.165) is 44.9 Å². The molecule has 0 bridgehead atoms. The predicted octanol–water partition coefficient (Wildman–Crippen LogP) is 6.41. The Morgan fingerprint density at radius 3 is 2.32 bits per heavy atom. The first kappa shape index (κ1) is 27.4. The van der Waals surface area contributed by atoms with Gasteiger partial charge in [0, 0.05) is 18.8 Å². The molecule has 9 atom stereocenters. The number of ether oxygens (including phenoxy) is 2. The van der Waals surface area contributed by atoms with Crippen molar-refractivity contribution in [3.8, 4) is 0 Å². The van der Waals surface area contributed by atoms with Gasteiger partial charge in [0.25, 0.3) is 0 Å². The topological polar surface area (TPSA) is 76.1 Å². The molecule has 0 amide bonds. The van der Waals surface area contributed by atoms with Crippen LogP contribution in [-0.2, 0) is 19.1 Å². The lowest BCUT2D eigenvalue weighted by atomic mass is 9.36. The largest absolute Gasteiger partial charge is 0.460 e. The van der Waals surface area contributed by atoms with Gasteiger partial charge >= 0.3 is 5.97 Å². The molecule has 4 aliphatic carbocycles. The van der Waals surface area contributed by atoms with Crippen molar-refractivity contribution in [3.05, 3.63) is 11.1 Å². The second-order valence-electron chi connectivity index (χ2n) is 15.2. The van der Waals surface area contributed by atoms with E-state index in [1.165, 1.54) is 18.1 Å². The molecule has 1 aliphatic heterocycles. The number of epoxide rings is 1. The summed E-state index contributed by atoms with van der Waals surface area (Å²) in [6, 6.07) is 0. The summed E-state index contributed by atoms with van der Waals surface area (Å²) in [7, 11) is 0. The molecule has 0 spiro atoms. The molecule has 0 aromatic rings. The molecule has 5 aliphatic rings. The van der Waals surface area contributed by atoms with Gasteiger partial charge in [-0.25, -0.2) is 0 Å². The fourth-order valence-corrected chi connectivity index (χ4v) is 10.4. The number of carbonyl (C=O) groups excluding carboxylic acids is 2. The van der Waals surface area contributed by atoms with Crippen LogP contribution in [0.4, 0.5) is 0 Å². The number of Topliss-reactive ketones (excluding diaryl/α,β-unsaturated/α-hetero) is 1. The number of carbonyl (C=O) groups is 2. The van der Waals surface area contributed by atoms with Crippen molar-refractivity contribution in [2.24, 2.45) is 39.4 Å². The van der Waals surface area contributed by atoms with E-state index in [2.05, 4.69) is 55.4 Å². The van der Waals surface area contributed by atoms with Gasteiger partial charge in [-0.1, -0.05) is 52.7 Å². The minimum atomic E-state index is -0.389. The smallest absolute Gasteiger partial charge is 0.302 e. The van der Waals surface area contributed by atoms with E-state index < -0.39 is 0 Å². The number of aliphatic hydroxyl groups is 1. The van der Waals surface area contributed by atoms with Gasteiger partial charge < -0.3 is 14.6 Å². The number of rotatable bonds is 5. The van der Waals surface area contributed by atoms with Crippen molar-refractivity contribution in [3.63, 3.8) is 0 Å². The number of ketones is 1. The molecule has 0 radical (unpaired) electrons. The third-order valence-electron chi connectivity index (χ3n) is 12.5. The maximum atomic E-state index is 12.9. The molecule has 3 saturated carbocycles. The van der Waals surface area contributed by atoms with Crippen molar-refractivity contribution in [2.75, 3.05) is 0 Å². The monoisotopic (exact) mass is 514 g/mol. The lowest BCUT2D eigenvalue weighted by Gasteiger charge is -2.69. The minimum Gasteiger partial charge on any atom is -0.460 e. The Labute approximate surface area is 224 Å². The summed E-state index contributed by atoms with van der Waals surface area (Å²) in [6.07, 6.45) is 6.64. The van der Waals surface area contributed by atoms with Crippen LogP contribution in [0.2, 0.25) is 0 Å². The number of hydrogen-bond donors (Lipinski definition) is 1. The molecule has 4 fully saturated rings. The van der Waals surface area contributed by atoms with Crippen molar-refractivity contribution >= 4 is 11.8 Å². The maximum absolute atomic E-state index is 12.9. The normalized spacial score (nSPS) is 45.4. The fourth-order valence-electron chi connectivity index (χ4n) is 10.4. The van der Waals surface area contributed by atoms with Gasteiger partial charge in [-0.2, -0.15) is 0 Å². The second-order valence-corrected chi connectivity index (χ2v) is 15.2. The van der Waals surface area contributed by atoms with Crippen LogP contribution in [0, 0.1) is 39.4 Å². The Kier molecular flexibility index (Phi) is 6.21. The number of allylic oxidation sites excluding steroid dienone is 1. The number of fused-ring (bicyclic) bond motifs is 5. The summed E-state index contributed by atoms with van der Waals surface area (Å²) in [4.78, 5) is 24.8. The molecule has 5 heteroatoms. The van der Waals surface area contributed by atoms with E-state index in [1.807, 2.05) is 0 Å². The second kappa shape index (κ2) is 8.40. The third-order valence-corrected chi connectivity index (χ3v) is 12.5. The Morgan fingerprint density at radius 2 is 1.73 bits per heavy atom. The van der Waals surface area contributed by atoms with Gasteiger partial charge in [0.2, 0.25) is 0 Å². The Hall–Kier alpha value is -1.20. The number of hydrogen-bond acceptors (Lipinski definition) is 5. The van der Waals surface area contributed by atoms with Crippen LogP contribution in [0.3, 0.4) is 0 Å². The minimum absolute atomic E-state index is 0.0000676. The summed E-state index contributed by atoms with van der Waals surface area (Å²) in [5.74, 6) is 0.947. The highest BCUT2D eigenvalue weighted by Gasteiger charge is 2.69. The van der Waals surface area contributed by atoms with Crippen LogP contribution < -0.4 is 0 Å². The summed E-state index contributed by atoms with van der Waals surface area (Å²) in [5.41, 5.74) is 2.41. The van der Waals surface area contributed by atoms with E-state index >= 15 is 0 Å². The molecule has 5 nitrogen and oxygen atoms in total. The summed E-state index contributed by atoms with van der Waals surface area (Å²) in [5, 5.41) is 11.9. The fraction of sp³-hybridized carbons (Fsp3) is 0.875. The van der Waals surface area contributed by atoms with Crippen LogP contribution in [0.1, 0.15) is 114 Å². The predicted molar refractivity (Wildman–Crippen MR) is 144 cm³/mol. The van der Waals surface area contributed by atoms with E-state index in [0.29, 0.717) is 18.1 Å². The Bertz CT molecular complexity index is 1020. The summed E-state index contributed by atoms with van der Waals surface area (Å²) >= 11 is 0. The highest BCUT2D eigenvalue weighted by Crippen LogP contribution is 2.74. The molecular weight excluding hydrogens is 464 g/mol. The Balaban J connectivity index is 1.46. The zero-order chi connectivity index (χ0) is 27.3. The van der Waals surface area contributed by atoms with E-state index in [4.69, 9.17) is 9.47 Å². The lowest BCUT2D eigenvalue weighted by Crippen LogP contribution is -2.65. The van der Waals surface area contributed by atoms with Gasteiger partial charge in [-0.05, 0) is 92.8 Å². The first-order valence-electron chi connectivity index (χ1n) is 14.8. The number of aliphatic hydroxyl groups excluding tert-OH is 1. The summed E-state index contributed by atoms with van der Waals surface area (Å²) < 4.78 is 11.7. The molecule has 37 heavy (non-hydrogen) atoms. The summed E-state index contributed by atoms with van der Waals surface area (Å²) in [6.45, 7) is 19.5. The molecule has 1 saturated heterocycles. The molecule has 5 rings (SSSR count). The van der Waals surface area contributed by atoms with Gasteiger partial charge in [0.05, 0.1) is 11.7 Å².